The Bertz CT molecular complexity index is 995. The number of carbonyl (C=O) groups is 1. The highest BCUT2D eigenvalue weighted by Gasteiger charge is 2.18. The first-order chi connectivity index (χ1) is 12.4. The van der Waals surface area contributed by atoms with Crippen molar-refractivity contribution in [1.29, 1.82) is 0 Å². The Morgan fingerprint density at radius 3 is 2.77 bits per heavy atom. The highest BCUT2D eigenvalue weighted by molar-refractivity contribution is 7.80. The molecule has 0 saturated heterocycles. The summed E-state index contributed by atoms with van der Waals surface area (Å²) in [7, 11) is 0. The summed E-state index contributed by atoms with van der Waals surface area (Å²) in [6.45, 7) is 7.37. The highest BCUT2D eigenvalue weighted by atomic mass is 32.1. The Morgan fingerprint density at radius 1 is 1.35 bits per heavy atom. The van der Waals surface area contributed by atoms with Crippen LogP contribution in [0.2, 0.25) is 0 Å². The van der Waals surface area contributed by atoms with E-state index in [0.29, 0.717) is 11.4 Å². The van der Waals surface area contributed by atoms with Crippen molar-refractivity contribution in [1.82, 2.24) is 9.97 Å². The maximum absolute atomic E-state index is 11.9. The van der Waals surface area contributed by atoms with Crippen LogP contribution in [0.1, 0.15) is 33.3 Å². The molecule has 0 amide bonds. The molecule has 2 aromatic heterocycles. The molecule has 0 aliphatic rings. The number of ether oxygens (including phenoxy) is 2. The third-order valence-electron chi connectivity index (χ3n) is 3.88. The number of nitrogens with zero attached hydrogens (tertiary/aromatic N) is 1. The van der Waals surface area contributed by atoms with Gasteiger partial charge in [-0.2, -0.15) is 0 Å². The summed E-state index contributed by atoms with van der Waals surface area (Å²) in [5.74, 6) is 0.274. The standard InChI is InChI=1S/C19H21N3O3S/c1-5-13-17-14-8-12(21-11(4)26)6-7-15(14)22-16(17)9-20-18(13)25-19(23)24-10(2)3/h6-10,22H,5H2,1-4H3,(H,21,26). The number of pyridine rings is 1. The van der Waals surface area contributed by atoms with Crippen LogP contribution in [0.4, 0.5) is 10.5 Å². The van der Waals surface area contributed by atoms with Gasteiger partial charge >= 0.3 is 6.16 Å². The van der Waals surface area contributed by atoms with Gasteiger partial charge < -0.3 is 19.8 Å². The number of hydrogen-bond acceptors (Lipinski definition) is 5. The smallest absolute Gasteiger partial charge is 0.431 e. The molecule has 0 atom stereocenters. The van der Waals surface area contributed by atoms with E-state index in [0.717, 1.165) is 33.1 Å². The fourth-order valence-corrected chi connectivity index (χ4v) is 3.05. The van der Waals surface area contributed by atoms with Crippen molar-refractivity contribution in [2.75, 3.05) is 5.32 Å². The van der Waals surface area contributed by atoms with Gasteiger partial charge in [0.15, 0.2) is 0 Å². The number of nitrogens with one attached hydrogen (secondary N) is 2. The molecule has 0 aliphatic carbocycles. The molecule has 0 unspecified atom stereocenters. The van der Waals surface area contributed by atoms with Gasteiger partial charge in [-0.25, -0.2) is 9.78 Å². The summed E-state index contributed by atoms with van der Waals surface area (Å²) < 4.78 is 10.4. The summed E-state index contributed by atoms with van der Waals surface area (Å²) in [6, 6.07) is 5.98. The minimum absolute atomic E-state index is 0.254. The molecule has 3 rings (SSSR count). The minimum atomic E-state index is -0.750. The van der Waals surface area contributed by atoms with E-state index in [-0.39, 0.29) is 12.0 Å². The first kappa shape index (κ1) is 18.1. The molecule has 0 radical (unpaired) electrons. The van der Waals surface area contributed by atoms with E-state index in [1.165, 1.54) is 0 Å². The lowest BCUT2D eigenvalue weighted by Crippen LogP contribution is -2.17. The summed E-state index contributed by atoms with van der Waals surface area (Å²) in [4.78, 5) is 20.2. The van der Waals surface area contributed by atoms with Crippen LogP contribution >= 0.6 is 12.2 Å². The Hall–Kier alpha value is -2.67. The maximum Gasteiger partial charge on any atom is 0.515 e. The number of benzene rings is 1. The van der Waals surface area contributed by atoms with Gasteiger partial charge in [0.25, 0.3) is 0 Å². The summed E-state index contributed by atoms with van der Waals surface area (Å²) in [5.41, 5.74) is 3.63. The number of thiocarbonyl (C=S) groups is 1. The second-order valence-corrected chi connectivity index (χ2v) is 6.88. The SMILES string of the molecule is CCc1c(OC(=O)OC(C)C)ncc2[nH]c3ccc(NC(C)=S)cc3c12. The molecule has 3 aromatic rings. The van der Waals surface area contributed by atoms with E-state index < -0.39 is 6.16 Å². The molecule has 7 heteroatoms. The van der Waals surface area contributed by atoms with Gasteiger partial charge in [-0.05, 0) is 45.4 Å². The molecule has 136 valence electrons. The highest BCUT2D eigenvalue weighted by Crippen LogP contribution is 2.34. The lowest BCUT2D eigenvalue weighted by atomic mass is 10.1. The monoisotopic (exact) mass is 371 g/mol. The van der Waals surface area contributed by atoms with Crippen LogP contribution in [0, 0.1) is 0 Å². The fourth-order valence-electron chi connectivity index (χ4n) is 2.94. The molecule has 0 fully saturated rings. The predicted octanol–water partition coefficient (Wildman–Crippen LogP) is 4.96. The van der Waals surface area contributed by atoms with E-state index in [9.17, 15) is 4.79 Å². The number of aryl methyl sites for hydroxylation is 1. The van der Waals surface area contributed by atoms with Gasteiger partial charge in [0.1, 0.15) is 0 Å². The third-order valence-corrected chi connectivity index (χ3v) is 3.99. The molecule has 6 nitrogen and oxygen atoms in total. The zero-order chi connectivity index (χ0) is 18.8. The number of anilines is 1. The molecule has 1 aromatic carbocycles. The summed E-state index contributed by atoms with van der Waals surface area (Å²) in [5, 5.41) is 5.15. The second-order valence-electron chi connectivity index (χ2n) is 6.27. The van der Waals surface area contributed by atoms with Crippen molar-refractivity contribution in [3.05, 3.63) is 30.0 Å². The zero-order valence-electron chi connectivity index (χ0n) is 15.2. The number of hydrogen-bond donors (Lipinski definition) is 2. The second kappa shape index (κ2) is 7.29. The fraction of sp³-hybridized carbons (Fsp3) is 0.316. The predicted molar refractivity (Wildman–Crippen MR) is 107 cm³/mol. The van der Waals surface area contributed by atoms with E-state index in [1.807, 2.05) is 32.0 Å². The minimum Gasteiger partial charge on any atom is -0.431 e. The molecular formula is C19H21N3O3S. The van der Waals surface area contributed by atoms with Crippen LogP contribution in [0.25, 0.3) is 21.8 Å². The van der Waals surface area contributed by atoms with Crippen molar-refractivity contribution >= 4 is 50.9 Å². The topological polar surface area (TPSA) is 76.2 Å². The van der Waals surface area contributed by atoms with E-state index >= 15 is 0 Å². The van der Waals surface area contributed by atoms with Crippen LogP contribution in [0.5, 0.6) is 5.88 Å². The quantitative estimate of drug-likeness (QED) is 0.498. The largest absolute Gasteiger partial charge is 0.515 e. The lowest BCUT2D eigenvalue weighted by Gasteiger charge is -2.11. The van der Waals surface area contributed by atoms with Crippen molar-refractivity contribution in [3.8, 4) is 5.88 Å². The molecule has 0 bridgehead atoms. The van der Waals surface area contributed by atoms with Crippen molar-refractivity contribution < 1.29 is 14.3 Å². The first-order valence-corrected chi connectivity index (χ1v) is 8.89. The van der Waals surface area contributed by atoms with Gasteiger partial charge in [0, 0.05) is 27.5 Å². The Morgan fingerprint density at radius 2 is 2.12 bits per heavy atom. The average Bonchev–Trinajstić information content (AvgIpc) is 2.91. The molecule has 2 heterocycles. The van der Waals surface area contributed by atoms with Crippen LogP contribution in [-0.2, 0) is 11.2 Å². The van der Waals surface area contributed by atoms with E-state index in [4.69, 9.17) is 21.7 Å². The number of carbonyl (C=O) groups excluding carboxylic acids is 1. The van der Waals surface area contributed by atoms with Crippen molar-refractivity contribution in [2.45, 2.75) is 40.2 Å². The van der Waals surface area contributed by atoms with Gasteiger partial charge in [0.05, 0.1) is 22.8 Å². The molecule has 0 aliphatic heterocycles. The molecule has 0 spiro atoms. The number of rotatable bonds is 4. The zero-order valence-corrected chi connectivity index (χ0v) is 16.0. The Kier molecular flexibility index (Phi) is 5.08. The van der Waals surface area contributed by atoms with Gasteiger partial charge in [0.2, 0.25) is 5.88 Å². The maximum atomic E-state index is 11.9. The molecule has 0 saturated carbocycles. The van der Waals surface area contributed by atoms with Crippen molar-refractivity contribution in [2.24, 2.45) is 0 Å². The van der Waals surface area contributed by atoms with Crippen LogP contribution in [0.15, 0.2) is 24.4 Å². The number of fused-ring (bicyclic) bond motifs is 3. The van der Waals surface area contributed by atoms with Gasteiger partial charge in [-0.15, -0.1) is 0 Å². The van der Waals surface area contributed by atoms with Crippen LogP contribution in [-0.4, -0.2) is 27.2 Å². The van der Waals surface area contributed by atoms with Crippen LogP contribution in [0.3, 0.4) is 0 Å². The third kappa shape index (κ3) is 3.62. The van der Waals surface area contributed by atoms with Crippen LogP contribution < -0.4 is 10.1 Å². The van der Waals surface area contributed by atoms with E-state index in [2.05, 4.69) is 15.3 Å². The first-order valence-electron chi connectivity index (χ1n) is 8.48. The lowest BCUT2D eigenvalue weighted by molar-refractivity contribution is 0.0713. The van der Waals surface area contributed by atoms with Gasteiger partial charge in [-0.3, -0.25) is 0 Å². The number of H-pyrrole nitrogens is 1. The molecular weight excluding hydrogens is 350 g/mol. The normalized spacial score (nSPS) is 11.1. The average molecular weight is 371 g/mol. The summed E-state index contributed by atoms with van der Waals surface area (Å²) in [6.07, 6.45) is 1.33. The molecule has 26 heavy (non-hydrogen) atoms. The van der Waals surface area contributed by atoms with E-state index in [1.54, 1.807) is 20.0 Å². The van der Waals surface area contributed by atoms with Crippen molar-refractivity contribution in [3.63, 3.8) is 0 Å². The Labute approximate surface area is 156 Å². The number of aromatic nitrogens is 2. The number of aromatic amines is 1. The Balaban J connectivity index is 2.12. The molecule has 2 N–H and O–H groups in total. The summed E-state index contributed by atoms with van der Waals surface area (Å²) >= 11 is 5.13. The van der Waals surface area contributed by atoms with Gasteiger partial charge in [-0.1, -0.05) is 19.1 Å².